The third kappa shape index (κ3) is 2.26. The van der Waals surface area contributed by atoms with Crippen molar-refractivity contribution < 1.29 is 4.74 Å². The molecule has 17 heavy (non-hydrogen) atoms. The van der Waals surface area contributed by atoms with Gasteiger partial charge in [0.25, 0.3) is 0 Å². The number of hydrogen-bond donors (Lipinski definition) is 1. The van der Waals surface area contributed by atoms with Crippen LogP contribution in [0.2, 0.25) is 0 Å². The van der Waals surface area contributed by atoms with Gasteiger partial charge in [-0.3, -0.25) is 0 Å². The number of rotatable bonds is 5. The van der Waals surface area contributed by atoms with E-state index in [9.17, 15) is 0 Å². The maximum absolute atomic E-state index is 6.21. The zero-order valence-electron chi connectivity index (χ0n) is 11.2. The van der Waals surface area contributed by atoms with Crippen LogP contribution in [-0.4, -0.2) is 25.8 Å². The van der Waals surface area contributed by atoms with Crippen LogP contribution < -0.4 is 5.32 Å². The summed E-state index contributed by atoms with van der Waals surface area (Å²) in [6, 6.07) is 0.730. The van der Waals surface area contributed by atoms with E-state index in [4.69, 9.17) is 4.74 Å². The van der Waals surface area contributed by atoms with Crippen LogP contribution in [0.5, 0.6) is 0 Å². The van der Waals surface area contributed by atoms with Crippen molar-refractivity contribution in [1.29, 1.82) is 0 Å². The van der Waals surface area contributed by atoms with Crippen LogP contribution in [-0.2, 0) is 4.74 Å². The predicted molar refractivity (Wildman–Crippen MR) is 70.1 cm³/mol. The minimum absolute atomic E-state index is 0.510. The molecule has 0 aromatic carbocycles. The lowest BCUT2D eigenvalue weighted by Gasteiger charge is -2.57. The van der Waals surface area contributed by atoms with Crippen molar-refractivity contribution in [2.75, 3.05) is 13.7 Å². The standard InChI is InChI=1S/C15H27NO/c1-16-13-11-14(17-10-7-12-5-6-12)15(13)8-3-2-4-9-15/h12-14,16H,2-11H2,1H3. The molecule has 0 heterocycles. The lowest BCUT2D eigenvalue weighted by atomic mass is 9.55. The van der Waals surface area contributed by atoms with E-state index in [1.807, 2.05) is 0 Å². The molecule has 3 rings (SSSR count). The van der Waals surface area contributed by atoms with Gasteiger partial charge in [-0.1, -0.05) is 32.1 Å². The molecule has 0 aliphatic heterocycles. The lowest BCUT2D eigenvalue weighted by Crippen LogP contribution is -2.63. The van der Waals surface area contributed by atoms with Crippen molar-refractivity contribution in [3.05, 3.63) is 0 Å². The minimum atomic E-state index is 0.510. The summed E-state index contributed by atoms with van der Waals surface area (Å²) in [6.07, 6.45) is 13.1. The summed E-state index contributed by atoms with van der Waals surface area (Å²) in [5.41, 5.74) is 0.510. The van der Waals surface area contributed by atoms with Gasteiger partial charge in [0, 0.05) is 18.1 Å². The maximum atomic E-state index is 6.21. The smallest absolute Gasteiger partial charge is 0.0661 e. The summed E-state index contributed by atoms with van der Waals surface area (Å²) in [6.45, 7) is 1.02. The molecule has 0 radical (unpaired) electrons. The average Bonchev–Trinajstić information content (AvgIpc) is 3.18. The van der Waals surface area contributed by atoms with E-state index >= 15 is 0 Å². The molecule has 3 saturated carbocycles. The van der Waals surface area contributed by atoms with Gasteiger partial charge in [0.05, 0.1) is 6.10 Å². The van der Waals surface area contributed by atoms with E-state index in [2.05, 4.69) is 12.4 Å². The Balaban J connectivity index is 1.52. The molecule has 0 amide bonds. The first-order chi connectivity index (χ1) is 8.35. The van der Waals surface area contributed by atoms with E-state index in [0.29, 0.717) is 11.5 Å². The van der Waals surface area contributed by atoms with Gasteiger partial charge in [0.1, 0.15) is 0 Å². The first-order valence-electron chi connectivity index (χ1n) is 7.64. The molecule has 3 fully saturated rings. The fourth-order valence-electron chi connectivity index (χ4n) is 4.05. The first-order valence-corrected chi connectivity index (χ1v) is 7.64. The van der Waals surface area contributed by atoms with Crippen molar-refractivity contribution in [3.63, 3.8) is 0 Å². The van der Waals surface area contributed by atoms with E-state index in [1.54, 1.807) is 0 Å². The summed E-state index contributed by atoms with van der Waals surface area (Å²) < 4.78 is 6.21. The summed E-state index contributed by atoms with van der Waals surface area (Å²) in [5.74, 6) is 1.01. The topological polar surface area (TPSA) is 21.3 Å². The predicted octanol–water partition coefficient (Wildman–Crippen LogP) is 3.11. The van der Waals surface area contributed by atoms with Crippen molar-refractivity contribution in [2.24, 2.45) is 11.3 Å². The Bertz CT molecular complexity index is 256. The van der Waals surface area contributed by atoms with Crippen LogP contribution in [0.15, 0.2) is 0 Å². The van der Waals surface area contributed by atoms with E-state index in [1.165, 1.54) is 57.8 Å². The normalized spacial score (nSPS) is 35.8. The Morgan fingerprint density at radius 2 is 1.94 bits per heavy atom. The molecule has 2 nitrogen and oxygen atoms in total. The lowest BCUT2D eigenvalue weighted by molar-refractivity contribution is -0.151. The third-order valence-corrected chi connectivity index (χ3v) is 5.46. The monoisotopic (exact) mass is 237 g/mol. The van der Waals surface area contributed by atoms with Gasteiger partial charge in [-0.25, -0.2) is 0 Å². The first kappa shape index (κ1) is 12.0. The Kier molecular flexibility index (Phi) is 3.45. The molecule has 2 unspecified atom stereocenters. The van der Waals surface area contributed by atoms with Gasteiger partial charge in [0.2, 0.25) is 0 Å². The summed E-state index contributed by atoms with van der Waals surface area (Å²) in [7, 11) is 2.13. The molecule has 0 bridgehead atoms. The Labute approximate surface area is 105 Å². The number of hydrogen-bond acceptors (Lipinski definition) is 2. The largest absolute Gasteiger partial charge is 0.378 e. The van der Waals surface area contributed by atoms with Gasteiger partial charge in [-0.05, 0) is 38.6 Å². The third-order valence-electron chi connectivity index (χ3n) is 5.46. The molecule has 1 N–H and O–H groups in total. The molecule has 0 aromatic rings. The van der Waals surface area contributed by atoms with Gasteiger partial charge in [-0.2, -0.15) is 0 Å². The summed E-state index contributed by atoms with van der Waals surface area (Å²) in [5, 5.41) is 3.52. The highest BCUT2D eigenvalue weighted by molar-refractivity contribution is 5.08. The molecule has 0 saturated heterocycles. The van der Waals surface area contributed by atoms with Crippen molar-refractivity contribution >= 4 is 0 Å². The number of nitrogens with one attached hydrogen (secondary N) is 1. The fourth-order valence-corrected chi connectivity index (χ4v) is 4.05. The Morgan fingerprint density at radius 1 is 1.18 bits per heavy atom. The van der Waals surface area contributed by atoms with Crippen LogP contribution in [0.4, 0.5) is 0 Å². The van der Waals surface area contributed by atoms with Crippen molar-refractivity contribution in [2.45, 2.75) is 69.9 Å². The van der Waals surface area contributed by atoms with Crippen LogP contribution in [0.1, 0.15) is 57.8 Å². The number of ether oxygens (including phenoxy) is 1. The molecule has 2 atom stereocenters. The molecule has 2 heteroatoms. The van der Waals surface area contributed by atoms with Crippen molar-refractivity contribution in [3.8, 4) is 0 Å². The zero-order chi connectivity index (χ0) is 11.7. The quantitative estimate of drug-likeness (QED) is 0.793. The second-order valence-electron chi connectivity index (χ2n) is 6.46. The Hall–Kier alpha value is -0.0800. The van der Waals surface area contributed by atoms with Crippen LogP contribution in [0.3, 0.4) is 0 Å². The summed E-state index contributed by atoms with van der Waals surface area (Å²) in [4.78, 5) is 0. The maximum Gasteiger partial charge on any atom is 0.0661 e. The Morgan fingerprint density at radius 3 is 2.59 bits per heavy atom. The second-order valence-corrected chi connectivity index (χ2v) is 6.46. The highest BCUT2D eigenvalue weighted by atomic mass is 16.5. The average molecular weight is 237 g/mol. The van der Waals surface area contributed by atoms with E-state index in [0.717, 1.165) is 18.6 Å². The molecular weight excluding hydrogens is 210 g/mol. The summed E-state index contributed by atoms with van der Waals surface area (Å²) >= 11 is 0. The van der Waals surface area contributed by atoms with E-state index in [-0.39, 0.29) is 0 Å². The highest BCUT2D eigenvalue weighted by Gasteiger charge is 2.54. The van der Waals surface area contributed by atoms with Gasteiger partial charge in [-0.15, -0.1) is 0 Å². The molecule has 98 valence electrons. The van der Waals surface area contributed by atoms with Gasteiger partial charge >= 0.3 is 0 Å². The second kappa shape index (κ2) is 4.89. The van der Waals surface area contributed by atoms with E-state index < -0.39 is 0 Å². The van der Waals surface area contributed by atoms with Crippen LogP contribution in [0, 0.1) is 11.3 Å². The molecule has 1 spiro atoms. The van der Waals surface area contributed by atoms with Crippen molar-refractivity contribution in [1.82, 2.24) is 5.32 Å². The SMILES string of the molecule is CNC1CC(OCCC2CC2)C12CCCCC2. The zero-order valence-corrected chi connectivity index (χ0v) is 11.2. The van der Waals surface area contributed by atoms with Gasteiger partial charge < -0.3 is 10.1 Å². The highest BCUT2D eigenvalue weighted by Crippen LogP contribution is 2.53. The van der Waals surface area contributed by atoms with Crippen LogP contribution >= 0.6 is 0 Å². The van der Waals surface area contributed by atoms with Gasteiger partial charge in [0.15, 0.2) is 0 Å². The minimum Gasteiger partial charge on any atom is -0.378 e. The molecule has 0 aromatic heterocycles. The molecular formula is C15H27NO. The van der Waals surface area contributed by atoms with Crippen LogP contribution in [0.25, 0.3) is 0 Å². The molecule has 3 aliphatic carbocycles. The molecule has 3 aliphatic rings. The fraction of sp³-hybridized carbons (Fsp3) is 1.00.